The highest BCUT2D eigenvalue weighted by molar-refractivity contribution is 5.96. The Labute approximate surface area is 280 Å². The zero-order valence-electron chi connectivity index (χ0n) is 28.3. The number of carboxylic acid groups (broad SMARTS) is 1. The third-order valence-corrected chi connectivity index (χ3v) is 7.29. The molecule has 1 aromatic rings. The molecule has 0 fully saturated rings. The third kappa shape index (κ3) is 14.2. The molecule has 0 unspecified atom stereocenters. The summed E-state index contributed by atoms with van der Waals surface area (Å²) >= 11 is 0. The highest BCUT2D eigenvalue weighted by Crippen LogP contribution is 2.13. The lowest BCUT2D eigenvalue weighted by atomic mass is 9.98. The fraction of sp³-hybridized carbons (Fsp3) is 0.581. The molecule has 13 N–H and O–H groups in total. The Bertz CT molecular complexity index is 1300. The van der Waals surface area contributed by atoms with Gasteiger partial charge in [-0.1, -0.05) is 39.8 Å². The molecule has 0 spiro atoms. The molecule has 17 nitrogen and oxygen atoms in total. The van der Waals surface area contributed by atoms with Crippen LogP contribution in [0.2, 0.25) is 0 Å². The summed E-state index contributed by atoms with van der Waals surface area (Å²) in [5, 5.41) is 31.6. The Morgan fingerprint density at radius 2 is 1.21 bits per heavy atom. The Hall–Kier alpha value is -4.93. The standard InChI is InChI=1S/C31H51N9O8/c1-15(2)23(28(45)37-18(6)30(47)48)40-29(46)24(16(3)4)39-27(44)22(14-19-9-11-20(41)12-10-19)38-25(42)17(5)36-26(43)21(32)8-7-13-35-31(33)34/h9-12,15-18,21-24,41H,7-8,13-14,32H2,1-6H3,(H,36,43)(H,37,45)(H,38,42)(H,39,44)(H,40,46)(H,47,48)(H4,33,34,35)/t17-,18-,21-,22-,23-,24-/m0/s1. The van der Waals surface area contributed by atoms with Gasteiger partial charge < -0.3 is 54.0 Å². The molecule has 0 aromatic heterocycles. The maximum Gasteiger partial charge on any atom is 0.325 e. The first kappa shape index (κ1) is 41.1. The molecule has 1 rings (SSSR count). The van der Waals surface area contributed by atoms with Crippen molar-refractivity contribution in [3.05, 3.63) is 29.8 Å². The van der Waals surface area contributed by atoms with E-state index in [4.69, 9.17) is 22.3 Å². The van der Waals surface area contributed by atoms with Crippen molar-refractivity contribution in [2.24, 2.45) is 34.0 Å². The number of phenols is 1. The Balaban J connectivity index is 3.12. The van der Waals surface area contributed by atoms with Crippen LogP contribution >= 0.6 is 0 Å². The van der Waals surface area contributed by atoms with E-state index < -0.39 is 83.6 Å². The van der Waals surface area contributed by atoms with E-state index in [1.807, 2.05) is 0 Å². The highest BCUT2D eigenvalue weighted by Gasteiger charge is 2.34. The largest absolute Gasteiger partial charge is 0.508 e. The predicted octanol–water partition coefficient (Wildman–Crippen LogP) is -1.82. The lowest BCUT2D eigenvalue weighted by Gasteiger charge is -2.29. The first-order valence-electron chi connectivity index (χ1n) is 15.7. The van der Waals surface area contributed by atoms with Crippen LogP contribution in [0, 0.1) is 11.8 Å². The molecule has 0 aliphatic rings. The molecule has 48 heavy (non-hydrogen) atoms. The molecule has 0 heterocycles. The summed E-state index contributed by atoms with van der Waals surface area (Å²) in [5.41, 5.74) is 17.1. The Morgan fingerprint density at radius 1 is 0.708 bits per heavy atom. The molecule has 0 saturated heterocycles. The van der Waals surface area contributed by atoms with Crippen LogP contribution in [0.5, 0.6) is 5.75 Å². The average molecular weight is 678 g/mol. The molecule has 0 aliphatic heterocycles. The molecular weight excluding hydrogens is 626 g/mol. The number of phenolic OH excluding ortho intramolecular Hbond substituents is 1. The van der Waals surface area contributed by atoms with Gasteiger partial charge in [-0.15, -0.1) is 0 Å². The summed E-state index contributed by atoms with van der Waals surface area (Å²) in [6.07, 6.45) is 0.634. The number of rotatable bonds is 19. The van der Waals surface area contributed by atoms with Gasteiger partial charge in [0.1, 0.15) is 36.0 Å². The van der Waals surface area contributed by atoms with Gasteiger partial charge in [0, 0.05) is 13.0 Å². The number of carboxylic acids is 1. The van der Waals surface area contributed by atoms with Crippen molar-refractivity contribution in [3.8, 4) is 5.75 Å². The van der Waals surface area contributed by atoms with Crippen molar-refractivity contribution < 1.29 is 39.0 Å². The summed E-state index contributed by atoms with van der Waals surface area (Å²) in [7, 11) is 0. The number of guanidine groups is 1. The molecule has 0 saturated carbocycles. The maximum absolute atomic E-state index is 13.7. The second-order valence-corrected chi connectivity index (χ2v) is 12.2. The van der Waals surface area contributed by atoms with Crippen molar-refractivity contribution in [1.29, 1.82) is 0 Å². The number of amides is 5. The van der Waals surface area contributed by atoms with Crippen LogP contribution in [0.15, 0.2) is 29.3 Å². The lowest BCUT2D eigenvalue weighted by Crippen LogP contribution is -2.61. The Kier molecular flexibility index (Phi) is 16.8. The minimum atomic E-state index is -1.25. The van der Waals surface area contributed by atoms with Crippen LogP contribution in [0.25, 0.3) is 0 Å². The van der Waals surface area contributed by atoms with Gasteiger partial charge in [0.15, 0.2) is 5.96 Å². The van der Waals surface area contributed by atoms with Gasteiger partial charge >= 0.3 is 5.97 Å². The van der Waals surface area contributed by atoms with Gasteiger partial charge in [-0.3, -0.25) is 33.8 Å². The molecule has 0 radical (unpaired) electrons. The van der Waals surface area contributed by atoms with Gasteiger partial charge in [-0.25, -0.2) is 0 Å². The third-order valence-electron chi connectivity index (χ3n) is 7.29. The van der Waals surface area contributed by atoms with Crippen LogP contribution in [0.1, 0.15) is 59.9 Å². The van der Waals surface area contributed by atoms with Gasteiger partial charge in [-0.05, 0) is 56.2 Å². The summed E-state index contributed by atoms with van der Waals surface area (Å²) < 4.78 is 0. The van der Waals surface area contributed by atoms with Gasteiger partial charge in [0.05, 0.1) is 6.04 Å². The molecular formula is C31H51N9O8. The minimum absolute atomic E-state index is 0.00667. The number of hydrogen-bond acceptors (Lipinski definition) is 9. The summed E-state index contributed by atoms with van der Waals surface area (Å²) in [6, 6.07) is -0.783. The van der Waals surface area contributed by atoms with Crippen LogP contribution in [0.4, 0.5) is 0 Å². The number of nitrogens with one attached hydrogen (secondary N) is 5. The van der Waals surface area contributed by atoms with E-state index in [1.165, 1.54) is 26.0 Å². The first-order valence-corrected chi connectivity index (χ1v) is 15.7. The van der Waals surface area contributed by atoms with E-state index in [2.05, 4.69) is 31.6 Å². The monoisotopic (exact) mass is 677 g/mol. The predicted molar refractivity (Wildman–Crippen MR) is 178 cm³/mol. The number of nitrogens with zero attached hydrogens (tertiary/aromatic N) is 1. The number of carbonyl (C=O) groups excluding carboxylic acids is 5. The number of hydrogen-bond donors (Lipinski definition) is 10. The van der Waals surface area contributed by atoms with E-state index in [1.54, 1.807) is 39.8 Å². The number of aliphatic imine (C=N–C) groups is 1. The second-order valence-electron chi connectivity index (χ2n) is 12.2. The van der Waals surface area contributed by atoms with Crippen LogP contribution in [-0.2, 0) is 35.2 Å². The van der Waals surface area contributed by atoms with Gasteiger partial charge in [0.2, 0.25) is 29.5 Å². The molecule has 0 bridgehead atoms. The fourth-order valence-corrected chi connectivity index (χ4v) is 4.34. The van der Waals surface area contributed by atoms with Crippen molar-refractivity contribution in [2.45, 2.75) is 97.1 Å². The van der Waals surface area contributed by atoms with Crippen LogP contribution < -0.4 is 43.8 Å². The normalized spacial score (nSPS) is 14.8. The molecule has 0 aliphatic carbocycles. The highest BCUT2D eigenvalue weighted by atomic mass is 16.4. The quantitative estimate of drug-likeness (QED) is 0.0441. The zero-order chi connectivity index (χ0) is 36.7. The van der Waals surface area contributed by atoms with E-state index >= 15 is 0 Å². The minimum Gasteiger partial charge on any atom is -0.508 e. The average Bonchev–Trinajstić information content (AvgIpc) is 3.00. The van der Waals surface area contributed by atoms with E-state index in [-0.39, 0.29) is 31.1 Å². The summed E-state index contributed by atoms with van der Waals surface area (Å²) in [4.78, 5) is 80.7. The molecule has 17 heteroatoms. The number of nitrogens with two attached hydrogens (primary N) is 3. The number of carbonyl (C=O) groups is 6. The van der Waals surface area contributed by atoms with Crippen molar-refractivity contribution in [3.63, 3.8) is 0 Å². The van der Waals surface area contributed by atoms with Crippen molar-refractivity contribution in [1.82, 2.24) is 26.6 Å². The fourth-order valence-electron chi connectivity index (χ4n) is 4.34. The number of aliphatic carboxylic acids is 1. The number of aromatic hydroxyl groups is 1. The second kappa shape index (κ2) is 19.7. The summed E-state index contributed by atoms with van der Waals surface area (Å²) in [6.45, 7) is 9.67. The summed E-state index contributed by atoms with van der Waals surface area (Å²) in [5.74, 6) is -5.67. The lowest BCUT2D eigenvalue weighted by molar-refractivity contribution is -0.142. The topological polar surface area (TPSA) is 293 Å². The van der Waals surface area contributed by atoms with Gasteiger partial charge in [-0.2, -0.15) is 0 Å². The maximum atomic E-state index is 13.7. The first-order chi connectivity index (χ1) is 22.3. The van der Waals surface area contributed by atoms with Crippen molar-refractivity contribution in [2.75, 3.05) is 6.54 Å². The van der Waals surface area contributed by atoms with E-state index in [9.17, 15) is 33.9 Å². The zero-order valence-corrected chi connectivity index (χ0v) is 28.3. The van der Waals surface area contributed by atoms with E-state index in [0.29, 0.717) is 12.0 Å². The smallest absolute Gasteiger partial charge is 0.325 e. The molecule has 5 amide bonds. The van der Waals surface area contributed by atoms with Crippen molar-refractivity contribution >= 4 is 41.5 Å². The molecule has 1 aromatic carbocycles. The Morgan fingerprint density at radius 3 is 1.71 bits per heavy atom. The molecule has 6 atom stereocenters. The van der Waals surface area contributed by atoms with Crippen LogP contribution in [0.3, 0.4) is 0 Å². The van der Waals surface area contributed by atoms with Crippen LogP contribution in [-0.4, -0.2) is 94.5 Å². The van der Waals surface area contributed by atoms with E-state index in [0.717, 1.165) is 0 Å². The number of benzene rings is 1. The van der Waals surface area contributed by atoms with Gasteiger partial charge in [0.25, 0.3) is 0 Å². The SMILES string of the molecule is CC(C)[C@H](NC(=O)[C@H](Cc1ccc(O)cc1)NC(=O)[C@H](C)NC(=O)[C@@H](N)CCCN=C(N)N)C(=O)N[C@H](C(=O)N[C@@H](C)C(=O)O)C(C)C. The molecule has 268 valence electrons.